The fourth-order valence-corrected chi connectivity index (χ4v) is 3.68. The second-order valence-corrected chi connectivity index (χ2v) is 8.80. The van der Waals surface area contributed by atoms with Gasteiger partial charge in [-0.2, -0.15) is 0 Å². The standard InChI is InChI=1S/C22H37N5O2/c1-17(2)10-11-23-21(28)22(29)24-16-20(27-14-12-26(5)13-15-27)18-6-8-19(9-7-18)25(3)4/h6-9,17,20H,10-16H2,1-5H3,(H,23,28)(H,24,29)/p+2/t20-/m1/s1. The highest BCUT2D eigenvalue weighted by molar-refractivity contribution is 6.35. The number of amides is 2. The van der Waals surface area contributed by atoms with E-state index in [-0.39, 0.29) is 6.04 Å². The highest BCUT2D eigenvalue weighted by Gasteiger charge is 2.30. The third-order valence-corrected chi connectivity index (χ3v) is 5.73. The fraction of sp³-hybridized carbons (Fsp3) is 0.636. The van der Waals surface area contributed by atoms with Gasteiger partial charge in [0, 0.05) is 31.9 Å². The van der Waals surface area contributed by atoms with Crippen LogP contribution in [-0.4, -0.2) is 72.2 Å². The molecule has 29 heavy (non-hydrogen) atoms. The third-order valence-electron chi connectivity index (χ3n) is 5.73. The molecule has 7 nitrogen and oxygen atoms in total. The normalized spacial score (nSPS) is 20.2. The van der Waals surface area contributed by atoms with E-state index in [1.807, 2.05) is 14.1 Å². The van der Waals surface area contributed by atoms with E-state index in [1.165, 1.54) is 10.5 Å². The molecule has 4 N–H and O–H groups in total. The average molecular weight is 406 g/mol. The number of likely N-dealkylation sites (N-methyl/N-ethyl adjacent to an activating group) is 1. The first-order chi connectivity index (χ1) is 13.8. The number of carbonyl (C=O) groups excluding carboxylic acids is 2. The zero-order valence-corrected chi connectivity index (χ0v) is 18.7. The van der Waals surface area contributed by atoms with Gasteiger partial charge >= 0.3 is 11.8 Å². The Labute approximate surface area is 175 Å². The number of hydrogen-bond donors (Lipinski definition) is 4. The number of rotatable bonds is 8. The lowest BCUT2D eigenvalue weighted by atomic mass is 10.0. The van der Waals surface area contributed by atoms with E-state index in [1.54, 1.807) is 4.90 Å². The fourth-order valence-electron chi connectivity index (χ4n) is 3.68. The van der Waals surface area contributed by atoms with Crippen molar-refractivity contribution in [2.45, 2.75) is 26.3 Å². The molecule has 1 atom stereocenters. The molecule has 0 unspecified atom stereocenters. The molecular formula is C22H39N5O2+2. The molecule has 1 aliphatic rings. The van der Waals surface area contributed by atoms with Crippen molar-refractivity contribution >= 4 is 17.5 Å². The van der Waals surface area contributed by atoms with Gasteiger partial charge in [0.25, 0.3) is 0 Å². The maximum atomic E-state index is 12.3. The largest absolute Gasteiger partial charge is 0.378 e. The quantitative estimate of drug-likeness (QED) is 0.398. The van der Waals surface area contributed by atoms with Gasteiger partial charge in [0.2, 0.25) is 0 Å². The van der Waals surface area contributed by atoms with Crippen LogP contribution >= 0.6 is 0 Å². The topological polar surface area (TPSA) is 70.3 Å². The van der Waals surface area contributed by atoms with E-state index in [0.717, 1.165) is 38.3 Å². The van der Waals surface area contributed by atoms with Crippen LogP contribution in [-0.2, 0) is 9.59 Å². The van der Waals surface area contributed by atoms with E-state index < -0.39 is 11.8 Å². The van der Waals surface area contributed by atoms with Gasteiger partial charge in [-0.3, -0.25) is 9.59 Å². The van der Waals surface area contributed by atoms with Gasteiger partial charge in [-0.1, -0.05) is 26.0 Å². The highest BCUT2D eigenvalue weighted by Crippen LogP contribution is 2.16. The van der Waals surface area contributed by atoms with Crippen molar-refractivity contribution in [3.05, 3.63) is 29.8 Å². The third kappa shape index (κ3) is 7.33. The predicted octanol–water partition coefficient (Wildman–Crippen LogP) is -1.51. The number of benzene rings is 1. The Morgan fingerprint density at radius 1 is 1.00 bits per heavy atom. The van der Waals surface area contributed by atoms with Crippen molar-refractivity contribution in [2.75, 3.05) is 65.3 Å². The molecule has 1 aromatic carbocycles. The van der Waals surface area contributed by atoms with Crippen molar-refractivity contribution in [1.29, 1.82) is 0 Å². The molecule has 0 bridgehead atoms. The highest BCUT2D eigenvalue weighted by atomic mass is 16.2. The van der Waals surface area contributed by atoms with Gasteiger partial charge in [0.15, 0.2) is 0 Å². The van der Waals surface area contributed by atoms with Crippen LogP contribution in [0.25, 0.3) is 0 Å². The van der Waals surface area contributed by atoms with Crippen LogP contribution < -0.4 is 25.3 Å². The van der Waals surface area contributed by atoms with Gasteiger partial charge in [-0.15, -0.1) is 0 Å². The lowest BCUT2D eigenvalue weighted by Crippen LogP contribution is -3.27. The van der Waals surface area contributed by atoms with E-state index in [0.29, 0.717) is 19.0 Å². The molecule has 7 heteroatoms. The van der Waals surface area contributed by atoms with Gasteiger partial charge < -0.3 is 25.3 Å². The monoisotopic (exact) mass is 405 g/mol. The van der Waals surface area contributed by atoms with Crippen molar-refractivity contribution < 1.29 is 19.4 Å². The molecule has 1 heterocycles. The zero-order chi connectivity index (χ0) is 21.4. The molecule has 1 aromatic rings. The molecule has 1 fully saturated rings. The summed E-state index contributed by atoms with van der Waals surface area (Å²) in [6.45, 7) is 9.54. The maximum Gasteiger partial charge on any atom is 0.309 e. The van der Waals surface area contributed by atoms with E-state index in [4.69, 9.17) is 0 Å². The number of nitrogens with zero attached hydrogens (tertiary/aromatic N) is 1. The molecule has 1 saturated heterocycles. The van der Waals surface area contributed by atoms with Crippen LogP contribution in [0.15, 0.2) is 24.3 Å². The Morgan fingerprint density at radius 3 is 2.14 bits per heavy atom. The Hall–Kier alpha value is -2.12. The first-order valence-electron chi connectivity index (χ1n) is 10.8. The SMILES string of the molecule is CC(C)CCNC(=O)C(=O)NC[C@H](c1ccc(N(C)C)cc1)[NH+]1CC[NH+](C)CC1. The second-order valence-electron chi connectivity index (χ2n) is 8.80. The van der Waals surface area contributed by atoms with Crippen molar-refractivity contribution in [1.82, 2.24) is 10.6 Å². The summed E-state index contributed by atoms with van der Waals surface area (Å²) in [7, 11) is 6.28. The smallest absolute Gasteiger partial charge is 0.309 e. The number of hydrogen-bond acceptors (Lipinski definition) is 3. The van der Waals surface area contributed by atoms with Crippen LogP contribution in [0.2, 0.25) is 0 Å². The minimum Gasteiger partial charge on any atom is -0.378 e. The van der Waals surface area contributed by atoms with Gasteiger partial charge in [-0.05, 0) is 24.5 Å². The van der Waals surface area contributed by atoms with Gasteiger partial charge in [0.05, 0.1) is 13.6 Å². The van der Waals surface area contributed by atoms with Gasteiger partial charge in [0.1, 0.15) is 32.2 Å². The summed E-state index contributed by atoms with van der Waals surface area (Å²) in [5.41, 5.74) is 2.35. The Bertz CT molecular complexity index is 652. The summed E-state index contributed by atoms with van der Waals surface area (Å²) < 4.78 is 0. The van der Waals surface area contributed by atoms with E-state index in [2.05, 4.69) is 60.7 Å². The minimum absolute atomic E-state index is 0.145. The maximum absolute atomic E-state index is 12.3. The molecule has 0 saturated carbocycles. The summed E-state index contributed by atoms with van der Waals surface area (Å²) in [5, 5.41) is 5.59. The summed E-state index contributed by atoms with van der Waals surface area (Å²) >= 11 is 0. The first kappa shape index (κ1) is 23.2. The zero-order valence-electron chi connectivity index (χ0n) is 18.7. The molecular weight excluding hydrogens is 366 g/mol. The first-order valence-corrected chi connectivity index (χ1v) is 10.8. The van der Waals surface area contributed by atoms with E-state index in [9.17, 15) is 9.59 Å². The van der Waals surface area contributed by atoms with Crippen LogP contribution in [0, 0.1) is 5.92 Å². The molecule has 0 aromatic heterocycles. The molecule has 2 rings (SSSR count). The lowest BCUT2D eigenvalue weighted by molar-refractivity contribution is -1.02. The summed E-state index contributed by atoms with van der Waals surface area (Å²) in [6, 6.07) is 8.67. The summed E-state index contributed by atoms with van der Waals surface area (Å²) in [5.74, 6) is -0.580. The molecule has 1 aliphatic heterocycles. The Balaban J connectivity index is 2.01. The molecule has 0 aliphatic carbocycles. The number of carbonyl (C=O) groups is 2. The van der Waals surface area contributed by atoms with E-state index >= 15 is 0 Å². The molecule has 162 valence electrons. The molecule has 2 amide bonds. The minimum atomic E-state index is -0.539. The van der Waals surface area contributed by atoms with Crippen LogP contribution in [0.5, 0.6) is 0 Å². The molecule has 0 spiro atoms. The van der Waals surface area contributed by atoms with Crippen LogP contribution in [0.3, 0.4) is 0 Å². The van der Waals surface area contributed by atoms with Crippen LogP contribution in [0.1, 0.15) is 31.9 Å². The van der Waals surface area contributed by atoms with Crippen molar-refractivity contribution in [2.24, 2.45) is 5.92 Å². The van der Waals surface area contributed by atoms with Crippen molar-refractivity contribution in [3.63, 3.8) is 0 Å². The lowest BCUT2D eigenvalue weighted by Gasteiger charge is -2.33. The Kier molecular flexibility index (Phi) is 8.92. The number of piperazine rings is 1. The second kappa shape index (κ2) is 11.2. The predicted molar refractivity (Wildman–Crippen MR) is 116 cm³/mol. The van der Waals surface area contributed by atoms with Gasteiger partial charge in [-0.25, -0.2) is 0 Å². The average Bonchev–Trinajstić information content (AvgIpc) is 2.69. The number of nitrogens with one attached hydrogen (secondary N) is 4. The molecule has 0 radical (unpaired) electrons. The number of anilines is 1. The summed E-state index contributed by atoms with van der Waals surface area (Å²) in [4.78, 5) is 29.5. The number of quaternary nitrogens is 2. The Morgan fingerprint density at radius 2 is 1.59 bits per heavy atom. The van der Waals surface area contributed by atoms with Crippen molar-refractivity contribution in [3.8, 4) is 0 Å². The summed E-state index contributed by atoms with van der Waals surface area (Å²) in [6.07, 6.45) is 0.869. The van der Waals surface area contributed by atoms with Crippen LogP contribution in [0.4, 0.5) is 5.69 Å².